The summed E-state index contributed by atoms with van der Waals surface area (Å²) >= 11 is 0. The van der Waals surface area contributed by atoms with Crippen molar-refractivity contribution in [3.8, 4) is 0 Å². The second-order valence-electron chi connectivity index (χ2n) is 4.35. The normalized spacial score (nSPS) is 15.7. The molecule has 0 aliphatic carbocycles. The summed E-state index contributed by atoms with van der Waals surface area (Å²) in [5.74, 6) is 0. The van der Waals surface area contributed by atoms with Crippen molar-refractivity contribution in [2.75, 3.05) is 20.1 Å². The highest BCUT2D eigenvalue weighted by Gasteiger charge is 2.26. The van der Waals surface area contributed by atoms with Crippen LogP contribution in [0.3, 0.4) is 0 Å². The summed E-state index contributed by atoms with van der Waals surface area (Å²) in [5, 5.41) is 0. The molecule has 0 bridgehead atoms. The first-order chi connectivity index (χ1) is 7.14. The van der Waals surface area contributed by atoms with Crippen LogP contribution in [0.4, 0.5) is 0 Å². The Morgan fingerprint density at radius 1 is 1.31 bits per heavy atom. The molecule has 1 aromatic rings. The van der Waals surface area contributed by atoms with Gasteiger partial charge in [0.25, 0.3) is 0 Å². The van der Waals surface area contributed by atoms with Gasteiger partial charge in [-0.2, -0.15) is 0 Å². The van der Waals surface area contributed by atoms with Gasteiger partial charge in [0, 0.05) is 5.56 Å². The zero-order valence-corrected chi connectivity index (χ0v) is 11.2. The molecular weight excluding hydrogens is 218 g/mol. The Morgan fingerprint density at radius 2 is 1.88 bits per heavy atom. The molecule has 0 saturated carbocycles. The Labute approximate surface area is 106 Å². The van der Waals surface area contributed by atoms with Crippen LogP contribution in [0.1, 0.15) is 25.5 Å². The maximum absolute atomic E-state index is 3.85. The molecule has 0 aromatic heterocycles. The van der Waals surface area contributed by atoms with Crippen molar-refractivity contribution in [3.63, 3.8) is 0 Å². The van der Waals surface area contributed by atoms with Crippen LogP contribution in [0, 0.1) is 0 Å². The summed E-state index contributed by atoms with van der Waals surface area (Å²) in [6, 6.07) is 11.2. The minimum Gasteiger partial charge on any atom is -1.00 e. The molecule has 0 N–H and O–H groups in total. The van der Waals surface area contributed by atoms with Gasteiger partial charge in [-0.1, -0.05) is 36.9 Å². The molecule has 16 heavy (non-hydrogen) atoms. The van der Waals surface area contributed by atoms with E-state index in [9.17, 15) is 0 Å². The summed E-state index contributed by atoms with van der Waals surface area (Å²) in [4.78, 5) is 0. The summed E-state index contributed by atoms with van der Waals surface area (Å²) in [7, 11) is 2.29. The van der Waals surface area contributed by atoms with Gasteiger partial charge in [-0.3, -0.25) is 0 Å². The average molecular weight is 240 g/mol. The molecule has 0 amide bonds. The molecule has 0 aliphatic rings. The molecule has 1 rings (SSSR count). The lowest BCUT2D eigenvalue weighted by Gasteiger charge is -2.38. The van der Waals surface area contributed by atoms with E-state index in [0.29, 0.717) is 6.04 Å². The quantitative estimate of drug-likeness (QED) is 0.516. The molecule has 0 saturated heterocycles. The molecule has 2 unspecified atom stereocenters. The maximum Gasteiger partial charge on any atom is 0.112 e. The topological polar surface area (TPSA) is 0 Å². The number of likely N-dealkylation sites (N-methyl/N-ethyl adjacent to an activating group) is 1. The number of nitrogens with zero attached hydrogens (tertiary/aromatic N) is 1. The fraction of sp³-hybridized carbons (Fsp3) is 0.429. The van der Waals surface area contributed by atoms with Crippen molar-refractivity contribution in [1.82, 2.24) is 0 Å². The van der Waals surface area contributed by atoms with Crippen LogP contribution in [-0.4, -0.2) is 24.6 Å². The van der Waals surface area contributed by atoms with E-state index in [4.69, 9.17) is 0 Å². The zero-order chi connectivity index (χ0) is 11.3. The summed E-state index contributed by atoms with van der Waals surface area (Å²) in [5.41, 5.74) is 1.41. The molecule has 0 aliphatic heterocycles. The van der Waals surface area contributed by atoms with Gasteiger partial charge < -0.3 is 16.9 Å². The predicted molar refractivity (Wildman–Crippen MR) is 66.6 cm³/mol. The van der Waals surface area contributed by atoms with Gasteiger partial charge >= 0.3 is 0 Å². The third-order valence-corrected chi connectivity index (χ3v) is 3.49. The van der Waals surface area contributed by atoms with E-state index >= 15 is 0 Å². The van der Waals surface area contributed by atoms with E-state index in [1.54, 1.807) is 0 Å². The lowest BCUT2D eigenvalue weighted by atomic mass is 10.0. The van der Waals surface area contributed by atoms with Gasteiger partial charge in [-0.05, 0) is 19.9 Å². The second-order valence-corrected chi connectivity index (χ2v) is 4.35. The molecule has 0 fully saturated rings. The number of hydrogen-bond donors (Lipinski definition) is 0. The lowest BCUT2D eigenvalue weighted by Crippen LogP contribution is -3.00. The molecule has 0 heterocycles. The number of rotatable bonds is 5. The van der Waals surface area contributed by atoms with E-state index < -0.39 is 0 Å². The third-order valence-electron chi connectivity index (χ3n) is 3.49. The summed E-state index contributed by atoms with van der Waals surface area (Å²) in [6.45, 7) is 10.5. The Morgan fingerprint density at radius 3 is 2.31 bits per heavy atom. The molecule has 90 valence electrons. The van der Waals surface area contributed by atoms with Crippen molar-refractivity contribution < 1.29 is 16.9 Å². The van der Waals surface area contributed by atoms with Crippen molar-refractivity contribution in [2.45, 2.75) is 19.9 Å². The Balaban J connectivity index is 0.00000225. The first-order valence-electron chi connectivity index (χ1n) is 5.64. The van der Waals surface area contributed by atoms with Gasteiger partial charge in [-0.25, -0.2) is 0 Å². The van der Waals surface area contributed by atoms with Crippen molar-refractivity contribution >= 4 is 0 Å². The van der Waals surface area contributed by atoms with Gasteiger partial charge in [-0.15, -0.1) is 0 Å². The molecule has 0 radical (unpaired) electrons. The van der Waals surface area contributed by atoms with Gasteiger partial charge in [0.05, 0.1) is 20.1 Å². The smallest absolute Gasteiger partial charge is 0.112 e. The van der Waals surface area contributed by atoms with Crippen LogP contribution in [-0.2, 0) is 0 Å². The molecule has 2 heteroatoms. The molecular formula is C14H22ClN. The van der Waals surface area contributed by atoms with Gasteiger partial charge in [0.2, 0.25) is 0 Å². The van der Waals surface area contributed by atoms with Gasteiger partial charge in [0.1, 0.15) is 6.04 Å². The SMILES string of the molecule is C=CC[N+](C)(CC)C(C)c1ccccc1.[Cl-]. The van der Waals surface area contributed by atoms with Crippen LogP contribution < -0.4 is 12.4 Å². The fourth-order valence-corrected chi connectivity index (χ4v) is 1.95. The standard InChI is InChI=1S/C14H22N.ClH/c1-5-12-15(4,6-2)13(3)14-10-8-7-9-11-14;/h5,7-11,13H,1,6,12H2,2-4H3;1H/q+1;/p-1. The van der Waals surface area contributed by atoms with Gasteiger partial charge in [0.15, 0.2) is 0 Å². The first-order valence-corrected chi connectivity index (χ1v) is 5.64. The molecule has 2 atom stereocenters. The third kappa shape index (κ3) is 3.36. The van der Waals surface area contributed by atoms with Crippen LogP contribution >= 0.6 is 0 Å². The molecule has 1 nitrogen and oxygen atoms in total. The monoisotopic (exact) mass is 239 g/mol. The fourth-order valence-electron chi connectivity index (χ4n) is 1.95. The van der Waals surface area contributed by atoms with E-state index in [1.165, 1.54) is 5.56 Å². The largest absolute Gasteiger partial charge is 1.00 e. The van der Waals surface area contributed by atoms with Crippen molar-refractivity contribution in [1.29, 1.82) is 0 Å². The number of hydrogen-bond acceptors (Lipinski definition) is 0. The van der Waals surface area contributed by atoms with Crippen LogP contribution in [0.2, 0.25) is 0 Å². The van der Waals surface area contributed by atoms with Crippen molar-refractivity contribution in [2.24, 2.45) is 0 Å². The highest BCUT2D eigenvalue weighted by atomic mass is 35.5. The predicted octanol–water partition coefficient (Wildman–Crippen LogP) is 0.404. The Bertz CT molecular complexity index is 310. The highest BCUT2D eigenvalue weighted by Crippen LogP contribution is 2.25. The number of benzene rings is 1. The average Bonchev–Trinajstić information content (AvgIpc) is 2.29. The second kappa shape index (κ2) is 6.72. The zero-order valence-electron chi connectivity index (χ0n) is 10.5. The van der Waals surface area contributed by atoms with Crippen LogP contribution in [0.15, 0.2) is 43.0 Å². The maximum atomic E-state index is 3.85. The Kier molecular flexibility index (Phi) is 6.39. The van der Waals surface area contributed by atoms with E-state index in [2.05, 4.69) is 57.8 Å². The number of halogens is 1. The van der Waals surface area contributed by atoms with E-state index in [-0.39, 0.29) is 12.4 Å². The molecule has 1 aromatic carbocycles. The number of quaternary nitrogens is 1. The van der Waals surface area contributed by atoms with E-state index in [0.717, 1.165) is 17.6 Å². The summed E-state index contributed by atoms with van der Waals surface area (Å²) < 4.78 is 1.02. The lowest BCUT2D eigenvalue weighted by molar-refractivity contribution is -0.930. The summed E-state index contributed by atoms with van der Waals surface area (Å²) in [6.07, 6.45) is 2.02. The highest BCUT2D eigenvalue weighted by molar-refractivity contribution is 5.16. The molecule has 0 spiro atoms. The Hall–Kier alpha value is -0.790. The van der Waals surface area contributed by atoms with Crippen molar-refractivity contribution in [3.05, 3.63) is 48.6 Å². The first kappa shape index (κ1) is 15.2. The van der Waals surface area contributed by atoms with Crippen LogP contribution in [0.25, 0.3) is 0 Å². The minimum atomic E-state index is 0. The minimum absolute atomic E-state index is 0. The van der Waals surface area contributed by atoms with Crippen LogP contribution in [0.5, 0.6) is 0 Å². The van der Waals surface area contributed by atoms with E-state index in [1.807, 2.05) is 6.08 Å².